The second kappa shape index (κ2) is 6.04. The molecule has 0 aliphatic heterocycles. The molecule has 86 valence electrons. The zero-order valence-electron chi connectivity index (χ0n) is 8.02. The third-order valence-electron chi connectivity index (χ3n) is 1.62. The summed E-state index contributed by atoms with van der Waals surface area (Å²) in [5.74, 6) is 0.865. The molecule has 1 heterocycles. The summed E-state index contributed by atoms with van der Waals surface area (Å²) >= 11 is 5.40. The van der Waals surface area contributed by atoms with E-state index in [4.69, 9.17) is 11.6 Å². The highest BCUT2D eigenvalue weighted by Gasteiger charge is 2.09. The van der Waals surface area contributed by atoms with Crippen molar-refractivity contribution in [3.05, 3.63) is 12.2 Å². The van der Waals surface area contributed by atoms with E-state index in [1.54, 1.807) is 0 Å². The maximum atomic E-state index is 11.3. The van der Waals surface area contributed by atoms with E-state index in [-0.39, 0.29) is 12.3 Å². The van der Waals surface area contributed by atoms with Crippen molar-refractivity contribution in [3.63, 3.8) is 0 Å². The van der Waals surface area contributed by atoms with E-state index in [2.05, 4.69) is 19.4 Å². The summed E-state index contributed by atoms with van der Waals surface area (Å²) in [6.07, 6.45) is 2.06. The Hall–Kier alpha value is -0.660. The Labute approximate surface area is 93.1 Å². The fraction of sp³-hybridized carbons (Fsp3) is 0.714. The largest absolute Gasteiger partial charge is 0.343 e. The molecule has 0 radical (unpaired) electrons. The number of nitrogens with one attached hydrogen (secondary N) is 1. The van der Waals surface area contributed by atoms with Gasteiger partial charge in [-0.2, -0.15) is 4.98 Å². The van der Waals surface area contributed by atoms with Gasteiger partial charge in [-0.25, -0.2) is 13.1 Å². The summed E-state index contributed by atoms with van der Waals surface area (Å²) in [4.78, 5) is 3.76. The van der Waals surface area contributed by atoms with E-state index < -0.39 is 10.0 Å². The van der Waals surface area contributed by atoms with Crippen molar-refractivity contribution >= 4 is 21.6 Å². The Bertz CT molecular complexity index is 365. The molecule has 0 amide bonds. The molecule has 0 atom stereocenters. The van der Waals surface area contributed by atoms with Gasteiger partial charge in [-0.3, -0.25) is 0 Å². The molecule has 1 rings (SSSR count). The van der Waals surface area contributed by atoms with Gasteiger partial charge < -0.3 is 4.52 Å². The van der Waals surface area contributed by atoms with Crippen LogP contribution in [0, 0.1) is 0 Å². The Kier molecular flexibility index (Phi) is 5.00. The summed E-state index contributed by atoms with van der Waals surface area (Å²) in [5, 5.41) is 3.56. The van der Waals surface area contributed by atoms with Crippen LogP contribution in [0.25, 0.3) is 0 Å². The molecule has 0 aliphatic carbocycles. The van der Waals surface area contributed by atoms with Crippen molar-refractivity contribution in [2.75, 3.05) is 18.2 Å². The van der Waals surface area contributed by atoms with Crippen LogP contribution in [-0.4, -0.2) is 36.7 Å². The maximum Gasteiger partial charge on any atom is 0.213 e. The smallest absolute Gasteiger partial charge is 0.213 e. The molecule has 1 aromatic heterocycles. The van der Waals surface area contributed by atoms with Crippen LogP contribution in [0.1, 0.15) is 12.2 Å². The highest BCUT2D eigenvalue weighted by Crippen LogP contribution is 1.93. The van der Waals surface area contributed by atoms with Crippen LogP contribution in [0.15, 0.2) is 10.9 Å². The topological polar surface area (TPSA) is 85.1 Å². The SMILES string of the molecule is O=S(=O)(CCCCl)NCCc1ncon1. The standard InChI is InChI=1S/C7H12ClN3O3S/c8-3-1-5-15(12,13)10-4-2-7-9-6-14-11-7/h6,10H,1-5H2. The van der Waals surface area contributed by atoms with Crippen molar-refractivity contribution in [1.29, 1.82) is 0 Å². The average molecular weight is 254 g/mol. The summed E-state index contributed by atoms with van der Waals surface area (Å²) in [7, 11) is -3.22. The summed E-state index contributed by atoms with van der Waals surface area (Å²) in [6, 6.07) is 0. The molecule has 1 N–H and O–H groups in total. The molecule has 15 heavy (non-hydrogen) atoms. The minimum atomic E-state index is -3.22. The van der Waals surface area contributed by atoms with Gasteiger partial charge in [0.05, 0.1) is 5.75 Å². The first-order chi connectivity index (χ1) is 7.14. The van der Waals surface area contributed by atoms with Gasteiger partial charge in [-0.1, -0.05) is 5.16 Å². The zero-order chi connectivity index (χ0) is 11.1. The van der Waals surface area contributed by atoms with E-state index >= 15 is 0 Å². The highest BCUT2D eigenvalue weighted by atomic mass is 35.5. The molecular weight excluding hydrogens is 242 g/mol. The summed E-state index contributed by atoms with van der Waals surface area (Å²) in [5.41, 5.74) is 0. The molecule has 6 nitrogen and oxygen atoms in total. The van der Waals surface area contributed by atoms with Crippen LogP contribution in [-0.2, 0) is 16.4 Å². The lowest BCUT2D eigenvalue weighted by atomic mass is 10.4. The third-order valence-corrected chi connectivity index (χ3v) is 3.36. The fourth-order valence-electron chi connectivity index (χ4n) is 0.938. The monoisotopic (exact) mass is 253 g/mol. The van der Waals surface area contributed by atoms with Gasteiger partial charge in [0.25, 0.3) is 0 Å². The molecular formula is C7H12ClN3O3S. The lowest BCUT2D eigenvalue weighted by molar-refractivity contribution is 0.410. The first-order valence-electron chi connectivity index (χ1n) is 4.42. The number of halogens is 1. The lowest BCUT2D eigenvalue weighted by Gasteiger charge is -2.03. The van der Waals surface area contributed by atoms with E-state index in [1.807, 2.05) is 0 Å². The van der Waals surface area contributed by atoms with Crippen LogP contribution < -0.4 is 4.72 Å². The number of hydrogen-bond donors (Lipinski definition) is 1. The van der Waals surface area contributed by atoms with Crippen LogP contribution in [0.2, 0.25) is 0 Å². The molecule has 0 unspecified atom stereocenters. The number of aromatic nitrogens is 2. The van der Waals surface area contributed by atoms with Crippen LogP contribution >= 0.6 is 11.6 Å². The number of rotatable bonds is 7. The predicted octanol–water partition coefficient (Wildman–Crippen LogP) is 0.160. The van der Waals surface area contributed by atoms with Gasteiger partial charge in [-0.05, 0) is 6.42 Å². The van der Waals surface area contributed by atoms with Crippen molar-refractivity contribution in [2.45, 2.75) is 12.8 Å². The molecule has 0 saturated heterocycles. The molecule has 0 fully saturated rings. The molecule has 0 aliphatic rings. The van der Waals surface area contributed by atoms with Gasteiger partial charge in [-0.15, -0.1) is 11.6 Å². The molecule has 8 heteroatoms. The predicted molar refractivity (Wildman–Crippen MR) is 55.1 cm³/mol. The van der Waals surface area contributed by atoms with Gasteiger partial charge >= 0.3 is 0 Å². The minimum absolute atomic E-state index is 0.0444. The fourth-order valence-corrected chi connectivity index (χ4v) is 2.31. The van der Waals surface area contributed by atoms with Crippen LogP contribution in [0.3, 0.4) is 0 Å². The van der Waals surface area contributed by atoms with Gasteiger partial charge in [0.1, 0.15) is 0 Å². The van der Waals surface area contributed by atoms with Crippen molar-refractivity contribution < 1.29 is 12.9 Å². The Morgan fingerprint density at radius 3 is 2.93 bits per heavy atom. The second-order valence-corrected chi connectivity index (χ2v) is 5.16. The number of sulfonamides is 1. The van der Waals surface area contributed by atoms with E-state index in [0.29, 0.717) is 24.5 Å². The Balaban J connectivity index is 2.24. The maximum absolute atomic E-state index is 11.3. The zero-order valence-corrected chi connectivity index (χ0v) is 9.59. The lowest BCUT2D eigenvalue weighted by Crippen LogP contribution is -2.28. The third kappa shape index (κ3) is 5.10. The Morgan fingerprint density at radius 1 is 1.53 bits per heavy atom. The van der Waals surface area contributed by atoms with E-state index in [0.717, 1.165) is 0 Å². The summed E-state index contributed by atoms with van der Waals surface area (Å²) in [6.45, 7) is 0.268. The summed E-state index contributed by atoms with van der Waals surface area (Å²) < 4.78 is 29.5. The van der Waals surface area contributed by atoms with Crippen molar-refractivity contribution in [3.8, 4) is 0 Å². The van der Waals surface area contributed by atoms with Crippen LogP contribution in [0.5, 0.6) is 0 Å². The quantitative estimate of drug-likeness (QED) is 0.700. The number of nitrogens with zero attached hydrogens (tertiary/aromatic N) is 2. The van der Waals surface area contributed by atoms with E-state index in [1.165, 1.54) is 6.39 Å². The average Bonchev–Trinajstić information content (AvgIpc) is 2.67. The molecule has 0 bridgehead atoms. The van der Waals surface area contributed by atoms with Crippen molar-refractivity contribution in [2.24, 2.45) is 0 Å². The first-order valence-corrected chi connectivity index (χ1v) is 6.61. The highest BCUT2D eigenvalue weighted by molar-refractivity contribution is 7.89. The second-order valence-electron chi connectivity index (χ2n) is 2.85. The normalized spacial score (nSPS) is 11.8. The number of alkyl halides is 1. The molecule has 1 aromatic rings. The van der Waals surface area contributed by atoms with Gasteiger partial charge in [0, 0.05) is 18.8 Å². The minimum Gasteiger partial charge on any atom is -0.343 e. The molecule has 0 saturated carbocycles. The van der Waals surface area contributed by atoms with Crippen molar-refractivity contribution in [1.82, 2.24) is 14.9 Å². The van der Waals surface area contributed by atoms with Crippen LogP contribution in [0.4, 0.5) is 0 Å². The van der Waals surface area contributed by atoms with E-state index in [9.17, 15) is 8.42 Å². The molecule has 0 spiro atoms. The van der Waals surface area contributed by atoms with Gasteiger partial charge in [0.2, 0.25) is 16.4 Å². The molecule has 0 aromatic carbocycles. The van der Waals surface area contributed by atoms with Gasteiger partial charge in [0.15, 0.2) is 5.82 Å². The Morgan fingerprint density at radius 2 is 2.33 bits per heavy atom. The number of hydrogen-bond acceptors (Lipinski definition) is 5. The first kappa shape index (κ1) is 12.4.